The van der Waals surface area contributed by atoms with Crippen LogP contribution >= 0.6 is 0 Å². The third-order valence-electron chi connectivity index (χ3n) is 10.8. The lowest BCUT2D eigenvalue weighted by Crippen LogP contribution is -2.02. The summed E-state index contributed by atoms with van der Waals surface area (Å²) >= 11 is 0. The third-order valence-corrected chi connectivity index (χ3v) is 10.8. The SMILES string of the molecule is c1ccc(-c2nc(-c3ccc(-n4c5cc6ccccc6cc5c5ccc6ccccc6c54)cc3-c3ccccc3)nc(-c3cccc4ccccc34)n2)cc1. The van der Waals surface area contributed by atoms with Crippen LogP contribution in [0.25, 0.3) is 105 Å². The van der Waals surface area contributed by atoms with Crippen molar-refractivity contribution in [3.8, 4) is 51.0 Å². The maximum Gasteiger partial charge on any atom is 0.164 e. The van der Waals surface area contributed by atoms with E-state index in [1.807, 2.05) is 18.2 Å². The largest absolute Gasteiger partial charge is 0.309 e. The Kier molecular flexibility index (Phi) is 7.14. The minimum Gasteiger partial charge on any atom is -0.309 e. The molecule has 0 saturated heterocycles. The molecule has 0 saturated carbocycles. The van der Waals surface area contributed by atoms with Crippen LogP contribution in [0.3, 0.4) is 0 Å². The highest BCUT2D eigenvalue weighted by atomic mass is 15.0. The van der Waals surface area contributed by atoms with E-state index < -0.39 is 0 Å². The summed E-state index contributed by atoms with van der Waals surface area (Å²) in [5.41, 5.74) is 8.41. The molecule has 0 N–H and O–H groups in total. The Labute approximate surface area is 317 Å². The minimum absolute atomic E-state index is 0.626. The van der Waals surface area contributed by atoms with E-state index in [0.717, 1.165) is 44.3 Å². The van der Waals surface area contributed by atoms with Gasteiger partial charge in [-0.25, -0.2) is 15.0 Å². The molecule has 2 heterocycles. The Morgan fingerprint density at radius 3 is 1.65 bits per heavy atom. The molecule has 0 amide bonds. The molecule has 256 valence electrons. The highest BCUT2D eigenvalue weighted by molar-refractivity contribution is 6.20. The summed E-state index contributed by atoms with van der Waals surface area (Å²) in [6.45, 7) is 0. The number of nitrogens with zero attached hydrogens (tertiary/aromatic N) is 4. The second-order valence-corrected chi connectivity index (χ2v) is 14.0. The first-order chi connectivity index (χ1) is 27.3. The highest BCUT2D eigenvalue weighted by Gasteiger charge is 2.20. The van der Waals surface area contributed by atoms with Crippen molar-refractivity contribution in [3.05, 3.63) is 194 Å². The van der Waals surface area contributed by atoms with Crippen LogP contribution in [0.4, 0.5) is 0 Å². The number of fused-ring (bicyclic) bond motifs is 7. The number of hydrogen-bond acceptors (Lipinski definition) is 3. The number of benzene rings is 9. The third kappa shape index (κ3) is 5.19. The molecule has 11 aromatic rings. The van der Waals surface area contributed by atoms with Crippen molar-refractivity contribution >= 4 is 54.1 Å². The van der Waals surface area contributed by atoms with E-state index in [4.69, 9.17) is 15.0 Å². The van der Waals surface area contributed by atoms with Crippen molar-refractivity contribution in [2.24, 2.45) is 0 Å². The number of hydrogen-bond donors (Lipinski definition) is 0. The van der Waals surface area contributed by atoms with Crippen LogP contribution < -0.4 is 0 Å². The lowest BCUT2D eigenvalue weighted by atomic mass is 9.97. The maximum absolute atomic E-state index is 5.27. The lowest BCUT2D eigenvalue weighted by Gasteiger charge is -2.16. The van der Waals surface area contributed by atoms with E-state index in [0.29, 0.717) is 17.5 Å². The van der Waals surface area contributed by atoms with Crippen LogP contribution in [-0.4, -0.2) is 19.5 Å². The minimum atomic E-state index is 0.626. The summed E-state index contributed by atoms with van der Waals surface area (Å²) in [7, 11) is 0. The molecule has 9 aromatic carbocycles. The van der Waals surface area contributed by atoms with Gasteiger partial charge in [0.05, 0.1) is 11.0 Å². The second-order valence-electron chi connectivity index (χ2n) is 14.0. The molecule has 0 aliphatic rings. The Morgan fingerprint density at radius 1 is 0.309 bits per heavy atom. The molecule has 0 aliphatic carbocycles. The van der Waals surface area contributed by atoms with Crippen LogP contribution in [0.2, 0.25) is 0 Å². The van der Waals surface area contributed by atoms with Gasteiger partial charge < -0.3 is 4.57 Å². The zero-order valence-corrected chi connectivity index (χ0v) is 29.8. The molecule has 0 bridgehead atoms. The summed E-state index contributed by atoms with van der Waals surface area (Å²) in [5.74, 6) is 1.91. The van der Waals surface area contributed by atoms with Crippen LogP contribution in [0.15, 0.2) is 194 Å². The average molecular weight is 701 g/mol. The quantitative estimate of drug-likeness (QED) is 0.179. The maximum atomic E-state index is 5.27. The molecule has 0 atom stereocenters. The van der Waals surface area contributed by atoms with Crippen LogP contribution in [-0.2, 0) is 0 Å². The first kappa shape index (κ1) is 31.1. The summed E-state index contributed by atoms with van der Waals surface area (Å²) in [6.07, 6.45) is 0. The Hall–Kier alpha value is -7.43. The van der Waals surface area contributed by atoms with Crippen molar-refractivity contribution in [2.75, 3.05) is 0 Å². The lowest BCUT2D eigenvalue weighted by molar-refractivity contribution is 1.08. The van der Waals surface area contributed by atoms with Gasteiger partial charge in [0, 0.05) is 38.5 Å². The smallest absolute Gasteiger partial charge is 0.164 e. The fraction of sp³-hybridized carbons (Fsp3) is 0. The van der Waals surface area contributed by atoms with Gasteiger partial charge in [0.2, 0.25) is 0 Å². The topological polar surface area (TPSA) is 43.6 Å². The van der Waals surface area contributed by atoms with Gasteiger partial charge in [-0.2, -0.15) is 0 Å². The Morgan fingerprint density at radius 2 is 0.891 bits per heavy atom. The van der Waals surface area contributed by atoms with E-state index in [1.54, 1.807) is 0 Å². The van der Waals surface area contributed by atoms with Gasteiger partial charge in [0.1, 0.15) is 0 Å². The number of aromatic nitrogens is 4. The molecule has 0 fully saturated rings. The fourth-order valence-electron chi connectivity index (χ4n) is 8.21. The molecule has 0 unspecified atom stereocenters. The zero-order chi connectivity index (χ0) is 36.3. The summed E-state index contributed by atoms with van der Waals surface area (Å²) in [4.78, 5) is 15.6. The van der Waals surface area contributed by atoms with E-state index in [1.165, 1.54) is 43.4 Å². The van der Waals surface area contributed by atoms with Crippen molar-refractivity contribution < 1.29 is 0 Å². The van der Waals surface area contributed by atoms with Gasteiger partial charge in [-0.15, -0.1) is 0 Å². The zero-order valence-electron chi connectivity index (χ0n) is 29.8. The molecule has 55 heavy (non-hydrogen) atoms. The second kappa shape index (κ2) is 12.6. The standard InChI is InChI=1S/C51H32N4/c1-3-14-34(15-4-1)45-32-39(55-47-31-38-21-8-7-20-37(38)30-46(47)42-28-26-35-17-10-12-24-41(35)48(42)55)27-29-44(45)51-53-49(36-18-5-2-6-19-36)52-50(54-51)43-25-13-22-33-16-9-11-23-40(33)43/h1-32H. The van der Waals surface area contributed by atoms with E-state index >= 15 is 0 Å². The van der Waals surface area contributed by atoms with Crippen LogP contribution in [0, 0.1) is 0 Å². The number of rotatable bonds is 5. The van der Waals surface area contributed by atoms with E-state index in [9.17, 15) is 0 Å². The first-order valence-corrected chi connectivity index (χ1v) is 18.6. The predicted molar refractivity (Wildman–Crippen MR) is 228 cm³/mol. The van der Waals surface area contributed by atoms with E-state index in [-0.39, 0.29) is 0 Å². The Bertz CT molecular complexity index is 3250. The molecular weight excluding hydrogens is 669 g/mol. The fourth-order valence-corrected chi connectivity index (χ4v) is 8.21. The van der Waals surface area contributed by atoms with Gasteiger partial charge in [-0.05, 0) is 68.4 Å². The molecule has 0 aliphatic heterocycles. The summed E-state index contributed by atoms with van der Waals surface area (Å²) in [5, 5.41) is 9.58. The van der Waals surface area contributed by atoms with Crippen LogP contribution in [0.5, 0.6) is 0 Å². The van der Waals surface area contributed by atoms with Crippen molar-refractivity contribution in [1.29, 1.82) is 0 Å². The Balaban J connectivity index is 1.21. The average Bonchev–Trinajstić information content (AvgIpc) is 3.59. The molecule has 11 rings (SSSR count). The van der Waals surface area contributed by atoms with Gasteiger partial charge in [-0.3, -0.25) is 0 Å². The molecule has 0 spiro atoms. The summed E-state index contributed by atoms with van der Waals surface area (Å²) < 4.78 is 2.44. The molecule has 0 radical (unpaired) electrons. The highest BCUT2D eigenvalue weighted by Crippen LogP contribution is 2.41. The normalized spacial score (nSPS) is 11.6. The first-order valence-electron chi connectivity index (χ1n) is 18.6. The van der Waals surface area contributed by atoms with E-state index in [2.05, 4.69) is 180 Å². The van der Waals surface area contributed by atoms with Gasteiger partial charge >= 0.3 is 0 Å². The molecule has 2 aromatic heterocycles. The van der Waals surface area contributed by atoms with Crippen molar-refractivity contribution in [3.63, 3.8) is 0 Å². The van der Waals surface area contributed by atoms with Crippen molar-refractivity contribution in [1.82, 2.24) is 19.5 Å². The molecular formula is C51H32N4. The monoisotopic (exact) mass is 700 g/mol. The predicted octanol–water partition coefficient (Wildman–Crippen LogP) is 13.1. The van der Waals surface area contributed by atoms with Crippen molar-refractivity contribution in [2.45, 2.75) is 0 Å². The van der Waals surface area contributed by atoms with Gasteiger partial charge in [0.15, 0.2) is 17.5 Å². The van der Waals surface area contributed by atoms with Gasteiger partial charge in [-0.1, -0.05) is 164 Å². The molecule has 4 nitrogen and oxygen atoms in total. The van der Waals surface area contributed by atoms with Gasteiger partial charge in [0.25, 0.3) is 0 Å². The summed E-state index contributed by atoms with van der Waals surface area (Å²) in [6, 6.07) is 68.7. The van der Waals surface area contributed by atoms with Crippen LogP contribution in [0.1, 0.15) is 0 Å². The molecule has 4 heteroatoms.